The normalized spacial score (nSPS) is 16.8. The summed E-state index contributed by atoms with van der Waals surface area (Å²) < 4.78 is 5.16. The van der Waals surface area contributed by atoms with E-state index >= 15 is 0 Å². The molecule has 0 radical (unpaired) electrons. The van der Waals surface area contributed by atoms with Crippen molar-refractivity contribution in [2.24, 2.45) is 4.99 Å². The van der Waals surface area contributed by atoms with E-state index in [1.807, 2.05) is 25.1 Å². The molecule has 0 N–H and O–H groups in total. The van der Waals surface area contributed by atoms with E-state index in [1.54, 1.807) is 43.5 Å². The maximum absolute atomic E-state index is 12.6. The molecule has 1 aliphatic rings. The molecule has 2 aromatic carbocycles. The Morgan fingerprint density at radius 3 is 2.79 bits per heavy atom. The number of hydrogen-bond acceptors (Lipinski definition) is 5. The Kier molecular flexibility index (Phi) is 6.54. The Morgan fingerprint density at radius 1 is 1.25 bits per heavy atom. The molecule has 0 aromatic heterocycles. The lowest BCUT2D eigenvalue weighted by Gasteiger charge is -2.08. The molecule has 7 heteroatoms. The van der Waals surface area contributed by atoms with Crippen molar-refractivity contribution in [1.29, 1.82) is 0 Å². The second kappa shape index (κ2) is 9.08. The largest absolute Gasteiger partial charge is 0.462 e. The van der Waals surface area contributed by atoms with Crippen LogP contribution in [-0.4, -0.2) is 35.6 Å². The zero-order valence-electron chi connectivity index (χ0n) is 15.5. The lowest BCUT2D eigenvalue weighted by atomic mass is 10.2. The number of aliphatic imine (C=N–C) groups is 1. The molecule has 0 unspecified atom stereocenters. The number of halogens is 1. The van der Waals surface area contributed by atoms with Crippen molar-refractivity contribution in [3.8, 4) is 0 Å². The number of carbonyl (C=O) groups is 2. The first-order chi connectivity index (χ1) is 13.5. The van der Waals surface area contributed by atoms with Gasteiger partial charge in [0.1, 0.15) is 0 Å². The number of likely N-dealkylation sites (N-methyl/N-ethyl adjacent to an activating group) is 1. The minimum atomic E-state index is -0.383. The molecule has 144 valence electrons. The molecule has 1 saturated heterocycles. The van der Waals surface area contributed by atoms with Crippen molar-refractivity contribution < 1.29 is 14.3 Å². The van der Waals surface area contributed by atoms with Crippen LogP contribution in [0.25, 0.3) is 6.08 Å². The summed E-state index contributed by atoms with van der Waals surface area (Å²) in [5.74, 6) is -0.533. The zero-order valence-corrected chi connectivity index (χ0v) is 17.1. The number of rotatable bonds is 5. The lowest BCUT2D eigenvalue weighted by molar-refractivity contribution is -0.121. The van der Waals surface area contributed by atoms with Gasteiger partial charge in [-0.25, -0.2) is 9.79 Å². The summed E-state index contributed by atoms with van der Waals surface area (Å²) >= 11 is 7.45. The van der Waals surface area contributed by atoms with Crippen LogP contribution in [0.4, 0.5) is 5.69 Å². The molecule has 0 bridgehead atoms. The van der Waals surface area contributed by atoms with Gasteiger partial charge in [-0.15, -0.1) is 0 Å². The van der Waals surface area contributed by atoms with Gasteiger partial charge in [0.25, 0.3) is 5.91 Å². The van der Waals surface area contributed by atoms with Crippen molar-refractivity contribution >= 4 is 52.2 Å². The Labute approximate surface area is 173 Å². The fraction of sp³-hybridized carbons (Fsp3) is 0.190. The van der Waals surface area contributed by atoms with Gasteiger partial charge in [-0.1, -0.05) is 42.8 Å². The number of nitrogens with zero attached hydrogens (tertiary/aromatic N) is 2. The third-order valence-electron chi connectivity index (χ3n) is 3.94. The summed E-state index contributed by atoms with van der Waals surface area (Å²) in [5, 5.41) is 1.11. The highest BCUT2D eigenvalue weighted by molar-refractivity contribution is 8.18. The number of thioether (sulfide) groups is 1. The molecule has 1 aliphatic heterocycles. The fourth-order valence-electron chi connectivity index (χ4n) is 2.48. The van der Waals surface area contributed by atoms with Crippen LogP contribution < -0.4 is 0 Å². The van der Waals surface area contributed by atoms with Crippen molar-refractivity contribution in [1.82, 2.24) is 4.90 Å². The van der Waals surface area contributed by atoms with E-state index < -0.39 is 0 Å². The molecule has 1 heterocycles. The van der Waals surface area contributed by atoms with Gasteiger partial charge >= 0.3 is 5.97 Å². The minimum absolute atomic E-state index is 0.151. The first-order valence-corrected chi connectivity index (χ1v) is 9.97. The van der Waals surface area contributed by atoms with E-state index in [0.29, 0.717) is 33.0 Å². The van der Waals surface area contributed by atoms with Crippen LogP contribution in [0.2, 0.25) is 5.02 Å². The summed E-state index contributed by atoms with van der Waals surface area (Å²) in [6, 6.07) is 14.2. The predicted molar refractivity (Wildman–Crippen MR) is 114 cm³/mol. The second-order valence-electron chi connectivity index (χ2n) is 6.08. The molecule has 3 rings (SSSR count). The Hall–Kier alpha value is -2.57. The highest BCUT2D eigenvalue weighted by atomic mass is 35.5. The van der Waals surface area contributed by atoms with E-state index in [2.05, 4.69) is 4.99 Å². The monoisotopic (exact) mass is 414 g/mol. The number of amides is 1. The van der Waals surface area contributed by atoms with Gasteiger partial charge in [-0.05, 0) is 54.1 Å². The molecule has 1 amide bonds. The highest BCUT2D eigenvalue weighted by Crippen LogP contribution is 2.34. The van der Waals surface area contributed by atoms with Crippen molar-refractivity contribution in [3.05, 3.63) is 69.6 Å². The fourth-order valence-corrected chi connectivity index (χ4v) is 3.64. The Bertz CT molecular complexity index is 972. The summed E-state index contributed by atoms with van der Waals surface area (Å²) in [7, 11) is 1.67. The van der Waals surface area contributed by atoms with E-state index in [9.17, 15) is 9.59 Å². The molecule has 2 aromatic rings. The summed E-state index contributed by atoms with van der Waals surface area (Å²) in [5.41, 5.74) is 1.78. The number of amidine groups is 1. The SMILES string of the molecule is CCCOC(=O)c1cccc(N=C2S/C(=C/c3ccccc3Cl)C(=O)N2C)c1. The molecule has 28 heavy (non-hydrogen) atoms. The van der Waals surface area contributed by atoms with Gasteiger partial charge in [0, 0.05) is 12.1 Å². The molecule has 0 spiro atoms. The average molecular weight is 415 g/mol. The molecule has 5 nitrogen and oxygen atoms in total. The van der Waals surface area contributed by atoms with Crippen LogP contribution in [0.5, 0.6) is 0 Å². The molecular weight excluding hydrogens is 396 g/mol. The topological polar surface area (TPSA) is 59.0 Å². The zero-order chi connectivity index (χ0) is 20.1. The van der Waals surface area contributed by atoms with Crippen molar-refractivity contribution in [2.75, 3.05) is 13.7 Å². The smallest absolute Gasteiger partial charge is 0.338 e. The number of hydrogen-bond donors (Lipinski definition) is 0. The average Bonchev–Trinajstić information content (AvgIpc) is 2.96. The van der Waals surface area contributed by atoms with Crippen LogP contribution in [0.15, 0.2) is 58.4 Å². The van der Waals surface area contributed by atoms with Gasteiger partial charge in [0.2, 0.25) is 0 Å². The predicted octanol–water partition coefficient (Wildman–Crippen LogP) is 5.14. The maximum atomic E-state index is 12.6. The van der Waals surface area contributed by atoms with Gasteiger partial charge in [-0.3, -0.25) is 9.69 Å². The van der Waals surface area contributed by atoms with Crippen LogP contribution in [0, 0.1) is 0 Å². The molecular formula is C21H19ClN2O3S. The third-order valence-corrected chi connectivity index (χ3v) is 5.34. The van der Waals surface area contributed by atoms with Crippen LogP contribution >= 0.6 is 23.4 Å². The van der Waals surface area contributed by atoms with Gasteiger partial charge in [0.05, 0.1) is 22.8 Å². The first-order valence-electron chi connectivity index (χ1n) is 8.77. The highest BCUT2D eigenvalue weighted by Gasteiger charge is 2.30. The summed E-state index contributed by atoms with van der Waals surface area (Å²) in [4.78, 5) is 31.1. The molecule has 0 aliphatic carbocycles. The number of benzene rings is 2. The van der Waals surface area contributed by atoms with Gasteiger partial charge < -0.3 is 4.74 Å². The van der Waals surface area contributed by atoms with Crippen molar-refractivity contribution in [2.45, 2.75) is 13.3 Å². The van der Waals surface area contributed by atoms with E-state index in [1.165, 1.54) is 16.7 Å². The lowest BCUT2D eigenvalue weighted by Crippen LogP contribution is -2.23. The van der Waals surface area contributed by atoms with Gasteiger partial charge in [0.15, 0.2) is 5.17 Å². The standard InChI is InChI=1S/C21H19ClN2O3S/c1-3-11-27-20(26)15-8-6-9-16(12-15)23-21-24(2)19(25)18(28-21)13-14-7-4-5-10-17(14)22/h4-10,12-13H,3,11H2,1-2H3/b18-13+,23-21?. The molecule has 0 saturated carbocycles. The Morgan fingerprint density at radius 2 is 2.04 bits per heavy atom. The maximum Gasteiger partial charge on any atom is 0.338 e. The third kappa shape index (κ3) is 4.64. The minimum Gasteiger partial charge on any atom is -0.462 e. The van der Waals surface area contributed by atoms with E-state index in [-0.39, 0.29) is 11.9 Å². The summed E-state index contributed by atoms with van der Waals surface area (Å²) in [6.07, 6.45) is 2.52. The summed E-state index contributed by atoms with van der Waals surface area (Å²) in [6.45, 7) is 2.31. The number of carbonyl (C=O) groups excluding carboxylic acids is 2. The molecule has 1 fully saturated rings. The van der Waals surface area contributed by atoms with Crippen LogP contribution in [0.3, 0.4) is 0 Å². The second-order valence-corrected chi connectivity index (χ2v) is 7.49. The quantitative estimate of drug-likeness (QED) is 0.502. The first kappa shape index (κ1) is 20.2. The number of ether oxygens (including phenoxy) is 1. The van der Waals surface area contributed by atoms with E-state index in [4.69, 9.17) is 16.3 Å². The van der Waals surface area contributed by atoms with Gasteiger partial charge in [-0.2, -0.15) is 0 Å². The van der Waals surface area contributed by atoms with E-state index in [0.717, 1.165) is 12.0 Å². The van der Waals surface area contributed by atoms with Crippen LogP contribution in [-0.2, 0) is 9.53 Å². The molecule has 0 atom stereocenters. The van der Waals surface area contributed by atoms with Crippen molar-refractivity contribution in [3.63, 3.8) is 0 Å². The number of esters is 1. The Balaban J connectivity index is 1.84. The van der Waals surface area contributed by atoms with Crippen LogP contribution in [0.1, 0.15) is 29.3 Å².